The minimum absolute atomic E-state index is 0.0650. The molecule has 2 N–H and O–H groups in total. The first-order chi connectivity index (χ1) is 17.1. The fraction of sp³-hybridized carbons (Fsp3) is 0.172. The number of benzene rings is 3. The highest BCUT2D eigenvalue weighted by Crippen LogP contribution is 2.19. The molecule has 0 radical (unpaired) electrons. The molecule has 0 aromatic heterocycles. The van der Waals surface area contributed by atoms with Crippen molar-refractivity contribution in [2.24, 2.45) is 0 Å². The van der Waals surface area contributed by atoms with E-state index in [4.69, 9.17) is 5.21 Å². The Labute approximate surface area is 205 Å². The minimum atomic E-state index is -0.598. The quantitative estimate of drug-likeness (QED) is 0.222. The van der Waals surface area contributed by atoms with Crippen LogP contribution >= 0.6 is 0 Å². The topological polar surface area (TPSA) is 72.9 Å². The fourth-order valence-corrected chi connectivity index (χ4v) is 4.09. The number of hydroxylamine groups is 1. The van der Waals surface area contributed by atoms with Crippen molar-refractivity contribution in [3.05, 3.63) is 113 Å². The Morgan fingerprint density at radius 1 is 0.800 bits per heavy atom. The summed E-state index contributed by atoms with van der Waals surface area (Å²) in [6, 6.07) is 25.8. The minimum Gasteiger partial charge on any atom is -0.369 e. The third-order valence-corrected chi connectivity index (χ3v) is 6.01. The fourth-order valence-electron chi connectivity index (χ4n) is 4.09. The standard InChI is InChI=1S/C29H29N3O3/c33-28(15-9-23-7-4-8-24(21-23)10-16-29(34)30-35)26-11-13-27(14-12-26)32-19-17-31(18-20-32)22-25-5-2-1-3-6-25/h1-16,21,35H,17-20,22H2,(H,30,34)/b15-9+,16-10+. The molecule has 6 nitrogen and oxygen atoms in total. The molecule has 3 aromatic carbocycles. The molecular weight excluding hydrogens is 438 g/mol. The van der Waals surface area contributed by atoms with Crippen LogP contribution in [0.1, 0.15) is 27.0 Å². The third kappa shape index (κ3) is 6.99. The van der Waals surface area contributed by atoms with E-state index in [2.05, 4.69) is 34.1 Å². The second-order valence-corrected chi connectivity index (χ2v) is 8.47. The van der Waals surface area contributed by atoms with Gasteiger partial charge in [-0.1, -0.05) is 54.6 Å². The van der Waals surface area contributed by atoms with E-state index in [0.717, 1.165) is 49.5 Å². The molecule has 1 aliphatic rings. The van der Waals surface area contributed by atoms with E-state index in [0.29, 0.717) is 5.56 Å². The first kappa shape index (κ1) is 24.1. The predicted molar refractivity (Wildman–Crippen MR) is 139 cm³/mol. The highest BCUT2D eigenvalue weighted by Gasteiger charge is 2.17. The average molecular weight is 468 g/mol. The highest BCUT2D eigenvalue weighted by molar-refractivity contribution is 6.07. The van der Waals surface area contributed by atoms with Crippen LogP contribution in [0.15, 0.2) is 91.0 Å². The van der Waals surface area contributed by atoms with Gasteiger partial charge in [0.1, 0.15) is 0 Å². The molecule has 3 aromatic rings. The molecular formula is C29H29N3O3. The maximum absolute atomic E-state index is 12.7. The van der Waals surface area contributed by atoms with Crippen molar-refractivity contribution in [1.29, 1.82) is 0 Å². The summed E-state index contributed by atoms with van der Waals surface area (Å²) in [6.07, 6.45) is 6.13. The first-order valence-corrected chi connectivity index (χ1v) is 11.7. The number of rotatable bonds is 8. The average Bonchev–Trinajstić information content (AvgIpc) is 2.92. The number of carbonyl (C=O) groups excluding carboxylic acids is 2. The van der Waals surface area contributed by atoms with Gasteiger partial charge in [0.15, 0.2) is 5.78 Å². The van der Waals surface area contributed by atoms with Crippen LogP contribution in [-0.4, -0.2) is 48.0 Å². The Kier molecular flexibility index (Phi) is 8.22. The smallest absolute Gasteiger partial charge is 0.267 e. The Balaban J connectivity index is 1.31. The van der Waals surface area contributed by atoms with E-state index in [-0.39, 0.29) is 5.78 Å². The molecule has 1 saturated heterocycles. The van der Waals surface area contributed by atoms with Crippen LogP contribution in [0.25, 0.3) is 12.2 Å². The monoisotopic (exact) mass is 467 g/mol. The molecule has 0 atom stereocenters. The maximum atomic E-state index is 12.7. The number of allylic oxidation sites excluding steroid dienone is 1. The van der Waals surface area contributed by atoms with Crippen LogP contribution < -0.4 is 10.4 Å². The van der Waals surface area contributed by atoms with Crippen LogP contribution in [0, 0.1) is 0 Å². The van der Waals surface area contributed by atoms with Gasteiger partial charge in [0.05, 0.1) is 0 Å². The summed E-state index contributed by atoms with van der Waals surface area (Å²) in [5.74, 6) is -0.663. The second-order valence-electron chi connectivity index (χ2n) is 8.47. The molecule has 0 bridgehead atoms. The van der Waals surface area contributed by atoms with Gasteiger partial charge in [0, 0.05) is 50.1 Å². The summed E-state index contributed by atoms with van der Waals surface area (Å²) in [6.45, 7) is 4.93. The van der Waals surface area contributed by atoms with Gasteiger partial charge in [-0.25, -0.2) is 5.48 Å². The summed E-state index contributed by atoms with van der Waals surface area (Å²) in [5.41, 5.74) is 6.30. The van der Waals surface area contributed by atoms with E-state index in [1.54, 1.807) is 23.7 Å². The molecule has 1 aliphatic heterocycles. The van der Waals surface area contributed by atoms with Gasteiger partial charge in [-0.3, -0.25) is 19.7 Å². The van der Waals surface area contributed by atoms with Crippen molar-refractivity contribution < 1.29 is 14.8 Å². The maximum Gasteiger partial charge on any atom is 0.267 e. The number of nitrogens with one attached hydrogen (secondary N) is 1. The number of amides is 1. The Morgan fingerprint density at radius 3 is 2.11 bits per heavy atom. The Hall–Kier alpha value is -4.00. The SMILES string of the molecule is O=C(/C=C/c1cccc(/C=C/C(=O)c2ccc(N3CCN(Cc4ccccc4)CC3)cc2)c1)NO. The second kappa shape index (κ2) is 11.9. The van der Waals surface area contributed by atoms with Gasteiger partial charge >= 0.3 is 0 Å². The summed E-state index contributed by atoms with van der Waals surface area (Å²) in [4.78, 5) is 28.6. The Bertz CT molecular complexity index is 1200. The number of piperazine rings is 1. The summed E-state index contributed by atoms with van der Waals surface area (Å²) < 4.78 is 0. The predicted octanol–water partition coefficient (Wildman–Crippen LogP) is 4.42. The lowest BCUT2D eigenvalue weighted by Crippen LogP contribution is -2.45. The molecule has 1 heterocycles. The van der Waals surface area contributed by atoms with E-state index in [9.17, 15) is 9.59 Å². The Morgan fingerprint density at radius 2 is 1.46 bits per heavy atom. The van der Waals surface area contributed by atoms with Crippen molar-refractivity contribution in [3.8, 4) is 0 Å². The van der Waals surface area contributed by atoms with Gasteiger partial charge in [0.2, 0.25) is 0 Å². The summed E-state index contributed by atoms with van der Waals surface area (Å²) in [7, 11) is 0. The van der Waals surface area contributed by atoms with Crippen molar-refractivity contribution in [1.82, 2.24) is 10.4 Å². The molecule has 6 heteroatoms. The number of hydrogen-bond acceptors (Lipinski definition) is 5. The molecule has 0 spiro atoms. The molecule has 0 saturated carbocycles. The molecule has 35 heavy (non-hydrogen) atoms. The third-order valence-electron chi connectivity index (χ3n) is 6.01. The lowest BCUT2D eigenvalue weighted by molar-refractivity contribution is -0.124. The van der Waals surface area contributed by atoms with Crippen LogP contribution in [0.5, 0.6) is 0 Å². The number of ketones is 1. The van der Waals surface area contributed by atoms with Crippen molar-refractivity contribution >= 4 is 29.5 Å². The van der Waals surface area contributed by atoms with Gasteiger partial charge in [-0.15, -0.1) is 0 Å². The van der Waals surface area contributed by atoms with Crippen LogP contribution in [0.2, 0.25) is 0 Å². The van der Waals surface area contributed by atoms with Crippen molar-refractivity contribution in [3.63, 3.8) is 0 Å². The molecule has 1 amide bonds. The lowest BCUT2D eigenvalue weighted by atomic mass is 10.1. The molecule has 4 rings (SSSR count). The normalized spacial score (nSPS) is 14.5. The van der Waals surface area contributed by atoms with E-state index in [1.165, 1.54) is 11.6 Å². The number of anilines is 1. The van der Waals surface area contributed by atoms with E-state index in [1.807, 2.05) is 54.6 Å². The zero-order valence-electron chi connectivity index (χ0n) is 19.5. The number of hydrogen-bond donors (Lipinski definition) is 2. The molecule has 178 valence electrons. The van der Waals surface area contributed by atoms with Crippen LogP contribution in [-0.2, 0) is 11.3 Å². The van der Waals surface area contributed by atoms with Crippen LogP contribution in [0.4, 0.5) is 5.69 Å². The zero-order chi connectivity index (χ0) is 24.5. The number of nitrogens with zero attached hydrogens (tertiary/aromatic N) is 2. The largest absolute Gasteiger partial charge is 0.369 e. The summed E-state index contributed by atoms with van der Waals surface area (Å²) >= 11 is 0. The number of carbonyl (C=O) groups is 2. The molecule has 0 aliphatic carbocycles. The van der Waals surface area contributed by atoms with Crippen molar-refractivity contribution in [2.75, 3.05) is 31.1 Å². The molecule has 1 fully saturated rings. The lowest BCUT2D eigenvalue weighted by Gasteiger charge is -2.36. The van der Waals surface area contributed by atoms with Crippen molar-refractivity contribution in [2.45, 2.75) is 6.54 Å². The van der Waals surface area contributed by atoms with Gasteiger partial charge in [-0.05, 0) is 59.2 Å². The van der Waals surface area contributed by atoms with Gasteiger partial charge in [-0.2, -0.15) is 0 Å². The van der Waals surface area contributed by atoms with Gasteiger partial charge < -0.3 is 4.90 Å². The van der Waals surface area contributed by atoms with E-state index >= 15 is 0 Å². The summed E-state index contributed by atoms with van der Waals surface area (Å²) in [5, 5.41) is 8.57. The van der Waals surface area contributed by atoms with Crippen LogP contribution in [0.3, 0.4) is 0 Å². The highest BCUT2D eigenvalue weighted by atomic mass is 16.5. The first-order valence-electron chi connectivity index (χ1n) is 11.7. The zero-order valence-corrected chi connectivity index (χ0v) is 19.5. The van der Waals surface area contributed by atoms with E-state index < -0.39 is 5.91 Å². The molecule has 0 unspecified atom stereocenters. The van der Waals surface area contributed by atoms with Gasteiger partial charge in [0.25, 0.3) is 5.91 Å².